The molecule has 1 aliphatic rings. The molecule has 7 nitrogen and oxygen atoms in total. The fraction of sp³-hybridized carbons (Fsp3) is 0.529. The average Bonchev–Trinajstić information content (AvgIpc) is 3.00. The number of hydrogen-bond acceptors (Lipinski definition) is 6. The van der Waals surface area contributed by atoms with E-state index in [-0.39, 0.29) is 12.5 Å². The Hall–Kier alpha value is -1.96. The van der Waals surface area contributed by atoms with Crippen LogP contribution in [-0.2, 0) is 17.8 Å². The fourth-order valence-electron chi connectivity index (χ4n) is 3.01. The van der Waals surface area contributed by atoms with Crippen LogP contribution >= 0.6 is 0 Å². The van der Waals surface area contributed by atoms with Gasteiger partial charge in [0.1, 0.15) is 18.4 Å². The smallest absolute Gasteiger partial charge is 0.137 e. The summed E-state index contributed by atoms with van der Waals surface area (Å²) >= 11 is 0. The van der Waals surface area contributed by atoms with Crippen LogP contribution in [0.4, 0.5) is 0 Å². The fourth-order valence-corrected chi connectivity index (χ4v) is 3.01. The van der Waals surface area contributed by atoms with Gasteiger partial charge in [-0.25, -0.2) is 9.67 Å². The van der Waals surface area contributed by atoms with Gasteiger partial charge in [0, 0.05) is 37.7 Å². The number of ether oxygens (including phenoxy) is 2. The van der Waals surface area contributed by atoms with Crippen LogP contribution in [0, 0.1) is 5.92 Å². The maximum absolute atomic E-state index is 9.42. The first-order valence-corrected chi connectivity index (χ1v) is 8.17. The van der Waals surface area contributed by atoms with E-state index < -0.39 is 0 Å². The maximum Gasteiger partial charge on any atom is 0.137 e. The van der Waals surface area contributed by atoms with Crippen molar-refractivity contribution in [2.75, 3.05) is 40.0 Å². The van der Waals surface area contributed by atoms with Crippen molar-refractivity contribution in [1.29, 1.82) is 0 Å². The Morgan fingerprint density at radius 2 is 2.29 bits per heavy atom. The summed E-state index contributed by atoms with van der Waals surface area (Å²) in [7, 11) is 1.68. The molecule has 0 bridgehead atoms. The summed E-state index contributed by atoms with van der Waals surface area (Å²) in [6.07, 6.45) is 3.23. The molecule has 24 heavy (non-hydrogen) atoms. The molecular weight excluding hydrogens is 308 g/mol. The topological polar surface area (TPSA) is 72.6 Å². The van der Waals surface area contributed by atoms with Gasteiger partial charge in [-0.2, -0.15) is 5.10 Å². The number of aliphatic hydroxyl groups excluding tert-OH is 1. The Morgan fingerprint density at radius 3 is 3.04 bits per heavy atom. The maximum atomic E-state index is 9.42. The van der Waals surface area contributed by atoms with Crippen molar-refractivity contribution in [3.05, 3.63) is 42.0 Å². The van der Waals surface area contributed by atoms with E-state index in [1.807, 2.05) is 6.07 Å². The molecule has 0 aliphatic carbocycles. The molecule has 1 N–H and O–H groups in total. The summed E-state index contributed by atoms with van der Waals surface area (Å²) in [5.41, 5.74) is 2.29. The lowest BCUT2D eigenvalue weighted by Crippen LogP contribution is -2.31. The standard InChI is InChI=1S/C17H24N4O3/c1-23-17-3-2-14(6-16(17)9-21-13-18-12-19-21)7-20-4-5-24-11-15(8-20)10-22/h2-3,6,12-13,15,22H,4-5,7-11H2,1H3/t15-/m1/s1. The van der Waals surface area contributed by atoms with E-state index in [1.54, 1.807) is 18.1 Å². The van der Waals surface area contributed by atoms with Gasteiger partial charge in [-0.05, 0) is 17.7 Å². The molecule has 1 saturated heterocycles. The predicted octanol–water partition coefficient (Wildman–Crippen LogP) is 0.776. The van der Waals surface area contributed by atoms with Crippen LogP contribution in [0.2, 0.25) is 0 Å². The summed E-state index contributed by atoms with van der Waals surface area (Å²) in [6, 6.07) is 6.24. The molecule has 1 aromatic heterocycles. The Kier molecular flexibility index (Phi) is 5.79. The summed E-state index contributed by atoms with van der Waals surface area (Å²) < 4.78 is 12.8. The minimum atomic E-state index is 0.163. The molecule has 1 atom stereocenters. The summed E-state index contributed by atoms with van der Waals surface area (Å²) in [4.78, 5) is 6.31. The third kappa shape index (κ3) is 4.31. The quantitative estimate of drug-likeness (QED) is 0.843. The predicted molar refractivity (Wildman–Crippen MR) is 88.8 cm³/mol. The van der Waals surface area contributed by atoms with E-state index in [9.17, 15) is 5.11 Å². The second-order valence-electron chi connectivity index (χ2n) is 6.10. The number of benzene rings is 1. The van der Waals surface area contributed by atoms with Crippen LogP contribution in [0.25, 0.3) is 0 Å². The van der Waals surface area contributed by atoms with Gasteiger partial charge >= 0.3 is 0 Å². The normalized spacial score (nSPS) is 19.2. The molecule has 1 fully saturated rings. The van der Waals surface area contributed by atoms with Crippen molar-refractivity contribution in [1.82, 2.24) is 19.7 Å². The zero-order valence-electron chi connectivity index (χ0n) is 14.0. The lowest BCUT2D eigenvalue weighted by molar-refractivity contribution is 0.0958. The van der Waals surface area contributed by atoms with E-state index in [4.69, 9.17) is 9.47 Å². The van der Waals surface area contributed by atoms with E-state index >= 15 is 0 Å². The van der Waals surface area contributed by atoms with Crippen LogP contribution < -0.4 is 4.74 Å². The first kappa shape index (κ1) is 16.9. The van der Waals surface area contributed by atoms with Gasteiger partial charge in [-0.3, -0.25) is 4.90 Å². The molecule has 130 valence electrons. The average molecular weight is 332 g/mol. The van der Waals surface area contributed by atoms with Crippen molar-refractivity contribution in [2.45, 2.75) is 13.1 Å². The van der Waals surface area contributed by atoms with Crippen molar-refractivity contribution in [2.24, 2.45) is 5.92 Å². The lowest BCUT2D eigenvalue weighted by Gasteiger charge is -2.23. The highest BCUT2D eigenvalue weighted by molar-refractivity contribution is 5.37. The largest absolute Gasteiger partial charge is 0.496 e. The van der Waals surface area contributed by atoms with Crippen molar-refractivity contribution in [3.63, 3.8) is 0 Å². The molecule has 0 saturated carbocycles. The van der Waals surface area contributed by atoms with Crippen molar-refractivity contribution in [3.8, 4) is 5.75 Å². The second-order valence-corrected chi connectivity index (χ2v) is 6.10. The third-order valence-electron chi connectivity index (χ3n) is 4.23. The molecule has 2 aromatic rings. The number of aliphatic hydroxyl groups is 1. The number of hydrogen-bond donors (Lipinski definition) is 1. The van der Waals surface area contributed by atoms with E-state index in [2.05, 4.69) is 27.1 Å². The number of rotatable bonds is 6. The minimum Gasteiger partial charge on any atom is -0.496 e. The van der Waals surface area contributed by atoms with E-state index in [0.29, 0.717) is 19.8 Å². The van der Waals surface area contributed by atoms with E-state index in [1.165, 1.54) is 11.9 Å². The summed E-state index contributed by atoms with van der Waals surface area (Å²) in [5, 5.41) is 13.6. The van der Waals surface area contributed by atoms with Crippen molar-refractivity contribution >= 4 is 0 Å². The molecular formula is C17H24N4O3. The molecule has 2 heterocycles. The van der Waals surface area contributed by atoms with Gasteiger partial charge in [0.15, 0.2) is 0 Å². The van der Waals surface area contributed by atoms with Crippen LogP contribution in [0.15, 0.2) is 30.9 Å². The minimum absolute atomic E-state index is 0.163. The highest BCUT2D eigenvalue weighted by Crippen LogP contribution is 2.22. The molecule has 7 heteroatoms. The molecule has 3 rings (SSSR count). The van der Waals surface area contributed by atoms with Crippen molar-refractivity contribution < 1.29 is 14.6 Å². The molecule has 0 unspecified atom stereocenters. The molecule has 0 radical (unpaired) electrons. The first-order valence-electron chi connectivity index (χ1n) is 8.17. The molecule has 0 amide bonds. The van der Waals surface area contributed by atoms with Gasteiger partial charge in [0.05, 0.1) is 26.9 Å². The van der Waals surface area contributed by atoms with Crippen LogP contribution in [-0.4, -0.2) is 64.8 Å². The van der Waals surface area contributed by atoms with Crippen LogP contribution in [0.3, 0.4) is 0 Å². The van der Waals surface area contributed by atoms with Gasteiger partial charge < -0.3 is 14.6 Å². The molecule has 1 aromatic carbocycles. The third-order valence-corrected chi connectivity index (χ3v) is 4.23. The highest BCUT2D eigenvalue weighted by Gasteiger charge is 2.18. The first-order chi connectivity index (χ1) is 11.8. The highest BCUT2D eigenvalue weighted by atomic mass is 16.5. The van der Waals surface area contributed by atoms with Gasteiger partial charge in [-0.1, -0.05) is 6.07 Å². The van der Waals surface area contributed by atoms with Gasteiger partial charge in [-0.15, -0.1) is 0 Å². The Bertz CT molecular complexity index is 633. The van der Waals surface area contributed by atoms with Gasteiger partial charge in [0.2, 0.25) is 0 Å². The zero-order chi connectivity index (χ0) is 16.8. The lowest BCUT2D eigenvalue weighted by atomic mass is 10.1. The van der Waals surface area contributed by atoms with E-state index in [0.717, 1.165) is 30.9 Å². The Labute approximate surface area is 141 Å². The number of aromatic nitrogens is 3. The molecule has 0 spiro atoms. The zero-order valence-corrected chi connectivity index (χ0v) is 14.0. The van der Waals surface area contributed by atoms with Crippen LogP contribution in [0.5, 0.6) is 5.75 Å². The Balaban J connectivity index is 1.73. The molecule has 1 aliphatic heterocycles. The second kappa shape index (κ2) is 8.23. The Morgan fingerprint density at radius 1 is 1.38 bits per heavy atom. The number of nitrogens with zero attached hydrogens (tertiary/aromatic N) is 4. The summed E-state index contributed by atoms with van der Waals surface area (Å²) in [5.74, 6) is 1.03. The van der Waals surface area contributed by atoms with Gasteiger partial charge in [0.25, 0.3) is 0 Å². The SMILES string of the molecule is COc1ccc(CN2CCOC[C@@H](CO)C2)cc1Cn1cncn1. The van der Waals surface area contributed by atoms with Crippen LogP contribution in [0.1, 0.15) is 11.1 Å². The summed E-state index contributed by atoms with van der Waals surface area (Å²) in [6.45, 7) is 4.68. The monoisotopic (exact) mass is 332 g/mol. The number of methoxy groups -OCH3 is 1.